The lowest BCUT2D eigenvalue weighted by Gasteiger charge is -2.37. The first-order valence-corrected chi connectivity index (χ1v) is 17.6. The molecule has 230 valence electrons. The largest absolute Gasteiger partial charge is 0.422 e. The molecule has 0 saturated heterocycles. The molecule has 0 aromatic heterocycles. The molecule has 42 heavy (non-hydrogen) atoms. The standard InChI is InChI=1S/C35H55N4O2P/c1-6-38(7-2,30-33-18-12-10-13-19-33)28-16-26-36-42(40,41-35-24-22-32(5)23-25-35)37-27-17-29-39(8-3,9-4)31-34-20-14-11-15-21-34/h10-15,18-25H,6-9,16-17,26-31H2,1-5H3,(H2,36,37,40)/q+2. The van der Waals surface area contributed by atoms with Gasteiger partial charge in [-0.15, -0.1) is 0 Å². The number of benzene rings is 3. The summed E-state index contributed by atoms with van der Waals surface area (Å²) < 4.78 is 22.3. The number of nitrogens with zero attached hydrogens (tertiary/aromatic N) is 2. The van der Waals surface area contributed by atoms with Crippen LogP contribution < -0.4 is 14.7 Å². The molecule has 6 nitrogen and oxygen atoms in total. The Morgan fingerprint density at radius 3 is 1.40 bits per heavy atom. The van der Waals surface area contributed by atoms with E-state index >= 15 is 0 Å². The van der Waals surface area contributed by atoms with Crippen molar-refractivity contribution in [2.45, 2.75) is 60.5 Å². The maximum atomic E-state index is 14.1. The van der Waals surface area contributed by atoms with E-state index in [9.17, 15) is 4.57 Å². The van der Waals surface area contributed by atoms with Crippen molar-refractivity contribution in [3.63, 3.8) is 0 Å². The van der Waals surface area contributed by atoms with Gasteiger partial charge in [-0.3, -0.25) is 0 Å². The first-order chi connectivity index (χ1) is 20.3. The van der Waals surface area contributed by atoms with Gasteiger partial charge >= 0.3 is 7.67 Å². The van der Waals surface area contributed by atoms with Crippen molar-refractivity contribution < 1.29 is 18.1 Å². The van der Waals surface area contributed by atoms with E-state index in [2.05, 4.69) is 98.5 Å². The summed E-state index contributed by atoms with van der Waals surface area (Å²) in [5, 5.41) is 6.63. The fourth-order valence-corrected chi connectivity index (χ4v) is 7.34. The van der Waals surface area contributed by atoms with E-state index in [0.717, 1.165) is 79.7 Å². The number of hydrogen-bond acceptors (Lipinski definition) is 2. The van der Waals surface area contributed by atoms with Gasteiger partial charge in [0.05, 0.1) is 39.3 Å². The molecule has 0 bridgehead atoms. The SMILES string of the molecule is CC[N+](CC)(CCCNP(=O)(NCCC[N+](CC)(CC)Cc1ccccc1)Oc1ccc(C)cc1)Cc1ccccc1. The van der Waals surface area contributed by atoms with E-state index in [1.54, 1.807) is 0 Å². The second kappa shape index (κ2) is 17.0. The first kappa shape index (κ1) is 34.0. The molecule has 3 aromatic carbocycles. The zero-order chi connectivity index (χ0) is 30.3. The van der Waals surface area contributed by atoms with Crippen molar-refractivity contribution in [2.75, 3.05) is 52.4 Å². The third kappa shape index (κ3) is 10.7. The topological polar surface area (TPSA) is 50.4 Å². The van der Waals surface area contributed by atoms with Crippen LogP contribution in [0.15, 0.2) is 84.9 Å². The van der Waals surface area contributed by atoms with Crippen LogP contribution in [0.2, 0.25) is 0 Å². The van der Waals surface area contributed by atoms with Crippen LogP contribution in [-0.2, 0) is 17.7 Å². The van der Waals surface area contributed by atoms with Crippen molar-refractivity contribution >= 4 is 7.67 Å². The highest BCUT2D eigenvalue weighted by atomic mass is 31.2. The van der Waals surface area contributed by atoms with Crippen LogP contribution in [0.1, 0.15) is 57.2 Å². The van der Waals surface area contributed by atoms with Crippen LogP contribution in [0.25, 0.3) is 0 Å². The second-order valence-electron chi connectivity index (χ2n) is 11.7. The Kier molecular flexibility index (Phi) is 13.8. The van der Waals surface area contributed by atoms with Gasteiger partial charge in [0.15, 0.2) is 0 Å². The normalized spacial score (nSPS) is 12.4. The fourth-order valence-electron chi connectivity index (χ4n) is 5.78. The highest BCUT2D eigenvalue weighted by molar-refractivity contribution is 7.55. The van der Waals surface area contributed by atoms with Crippen molar-refractivity contribution in [3.8, 4) is 5.75 Å². The highest BCUT2D eigenvalue weighted by Crippen LogP contribution is 2.38. The molecule has 0 fully saturated rings. The van der Waals surface area contributed by atoms with Gasteiger partial charge in [-0.05, 0) is 46.8 Å². The van der Waals surface area contributed by atoms with Gasteiger partial charge in [-0.1, -0.05) is 78.4 Å². The predicted molar refractivity (Wildman–Crippen MR) is 177 cm³/mol. The first-order valence-electron chi connectivity index (χ1n) is 15.9. The minimum atomic E-state index is -3.30. The minimum Gasteiger partial charge on any atom is -0.422 e. The van der Waals surface area contributed by atoms with Crippen molar-refractivity contribution in [1.82, 2.24) is 10.2 Å². The van der Waals surface area contributed by atoms with Crippen LogP contribution in [0.3, 0.4) is 0 Å². The molecule has 0 aliphatic heterocycles. The third-order valence-corrected chi connectivity index (χ3v) is 10.7. The predicted octanol–water partition coefficient (Wildman–Crippen LogP) is 7.55. The molecular weight excluding hydrogens is 539 g/mol. The summed E-state index contributed by atoms with van der Waals surface area (Å²) in [5.41, 5.74) is 3.88. The van der Waals surface area contributed by atoms with Crippen molar-refractivity contribution in [2.24, 2.45) is 0 Å². The Morgan fingerprint density at radius 2 is 1.02 bits per heavy atom. The molecule has 3 aromatic rings. The van der Waals surface area contributed by atoms with Gasteiger partial charge in [-0.25, -0.2) is 14.7 Å². The van der Waals surface area contributed by atoms with E-state index < -0.39 is 7.67 Å². The van der Waals surface area contributed by atoms with E-state index in [1.807, 2.05) is 31.2 Å². The summed E-state index contributed by atoms with van der Waals surface area (Å²) in [6, 6.07) is 29.3. The van der Waals surface area contributed by atoms with Crippen LogP contribution in [0, 0.1) is 6.92 Å². The molecule has 3 rings (SSSR count). The minimum absolute atomic E-state index is 0.622. The average molecular weight is 595 g/mol. The molecule has 0 amide bonds. The molecule has 0 saturated carbocycles. The van der Waals surface area contributed by atoms with Crippen LogP contribution in [0.4, 0.5) is 0 Å². The monoisotopic (exact) mass is 594 g/mol. The van der Waals surface area contributed by atoms with Gasteiger partial charge in [-0.2, -0.15) is 0 Å². The smallest absolute Gasteiger partial charge is 0.390 e. The maximum absolute atomic E-state index is 14.1. The summed E-state index contributed by atoms with van der Waals surface area (Å²) in [6.45, 7) is 20.7. The molecule has 2 N–H and O–H groups in total. The lowest BCUT2D eigenvalue weighted by Crippen LogP contribution is -2.48. The quantitative estimate of drug-likeness (QED) is 0.0806. The summed E-state index contributed by atoms with van der Waals surface area (Å²) in [6.07, 6.45) is 1.83. The number of rotatable bonds is 20. The zero-order valence-corrected chi connectivity index (χ0v) is 27.6. The highest BCUT2D eigenvalue weighted by Gasteiger charge is 2.28. The Morgan fingerprint density at radius 1 is 0.619 bits per heavy atom. The van der Waals surface area contributed by atoms with Gasteiger partial charge in [0, 0.05) is 37.1 Å². The lowest BCUT2D eigenvalue weighted by molar-refractivity contribution is -0.937. The van der Waals surface area contributed by atoms with Gasteiger partial charge < -0.3 is 13.5 Å². The molecule has 0 spiro atoms. The van der Waals surface area contributed by atoms with Crippen molar-refractivity contribution in [3.05, 3.63) is 102 Å². The molecule has 0 aliphatic carbocycles. The summed E-state index contributed by atoms with van der Waals surface area (Å²) in [5.74, 6) is 0.622. The van der Waals surface area contributed by atoms with E-state index in [0.29, 0.717) is 18.8 Å². The molecule has 0 atom stereocenters. The molecular formula is C35H55N4O2P+2. The Hall–Kier alpha value is -2.47. The van der Waals surface area contributed by atoms with Gasteiger partial charge in [0.2, 0.25) is 0 Å². The summed E-state index contributed by atoms with van der Waals surface area (Å²) >= 11 is 0. The number of nitrogens with one attached hydrogen (secondary N) is 2. The maximum Gasteiger partial charge on any atom is 0.390 e. The number of quaternary nitrogens is 2. The average Bonchev–Trinajstić information content (AvgIpc) is 3.02. The molecule has 0 aliphatic rings. The Balaban J connectivity index is 1.61. The Labute approximate surface area is 255 Å². The van der Waals surface area contributed by atoms with Crippen molar-refractivity contribution in [1.29, 1.82) is 0 Å². The molecule has 0 unspecified atom stereocenters. The number of hydrogen-bond donors (Lipinski definition) is 2. The van der Waals surface area contributed by atoms with E-state index in [-0.39, 0.29) is 0 Å². The molecule has 0 radical (unpaired) electrons. The Bertz CT molecular complexity index is 1130. The lowest BCUT2D eigenvalue weighted by atomic mass is 10.1. The van der Waals surface area contributed by atoms with Gasteiger partial charge in [0.1, 0.15) is 18.8 Å². The zero-order valence-electron chi connectivity index (χ0n) is 26.7. The summed E-state index contributed by atoms with van der Waals surface area (Å²) in [4.78, 5) is 0. The summed E-state index contributed by atoms with van der Waals surface area (Å²) in [7, 11) is -3.30. The fraction of sp³-hybridized carbons (Fsp3) is 0.486. The van der Waals surface area contributed by atoms with Gasteiger partial charge in [0.25, 0.3) is 0 Å². The van der Waals surface area contributed by atoms with E-state index in [4.69, 9.17) is 4.52 Å². The van der Waals surface area contributed by atoms with Crippen LogP contribution in [-0.4, -0.2) is 61.3 Å². The third-order valence-electron chi connectivity index (χ3n) is 8.92. The molecule has 0 heterocycles. The van der Waals surface area contributed by atoms with Crippen LogP contribution >= 0.6 is 7.67 Å². The molecule has 7 heteroatoms. The second-order valence-corrected chi connectivity index (χ2v) is 13.6. The van der Waals surface area contributed by atoms with Crippen LogP contribution in [0.5, 0.6) is 5.75 Å². The number of aryl methyl sites for hydroxylation is 1. The van der Waals surface area contributed by atoms with E-state index in [1.165, 1.54) is 11.1 Å².